The first-order chi connectivity index (χ1) is 13.0. The average Bonchev–Trinajstić information content (AvgIpc) is 2.74. The number of nitrogen functional groups attached to an aromatic ring is 1. The van der Waals surface area contributed by atoms with Gasteiger partial charge in [-0.25, -0.2) is 5.84 Å². The lowest BCUT2D eigenvalue weighted by Crippen LogP contribution is -2.22. The minimum absolute atomic E-state index is 0.125. The normalized spacial score (nSPS) is 10.6. The van der Waals surface area contributed by atoms with E-state index in [0.29, 0.717) is 11.4 Å². The van der Waals surface area contributed by atoms with E-state index in [9.17, 15) is 4.79 Å². The van der Waals surface area contributed by atoms with Crippen LogP contribution in [0.3, 0.4) is 0 Å². The molecular weight excluding hydrogens is 340 g/mol. The molecular formula is C21H32N4O2. The third kappa shape index (κ3) is 7.35. The molecule has 0 aliphatic heterocycles. The number of nitrogens with zero attached hydrogens (tertiary/aromatic N) is 2. The van der Waals surface area contributed by atoms with Crippen molar-refractivity contribution in [1.82, 2.24) is 10.2 Å². The Hall–Kier alpha value is -2.47. The van der Waals surface area contributed by atoms with Gasteiger partial charge in [-0.05, 0) is 55.7 Å². The van der Waals surface area contributed by atoms with E-state index in [1.807, 2.05) is 24.3 Å². The predicted molar refractivity (Wildman–Crippen MR) is 110 cm³/mol. The molecule has 1 aromatic carbocycles. The number of anilines is 1. The highest BCUT2D eigenvalue weighted by molar-refractivity contribution is 5.74. The summed E-state index contributed by atoms with van der Waals surface area (Å²) in [5.74, 6) is 6.65. The van der Waals surface area contributed by atoms with Crippen molar-refractivity contribution in [3.63, 3.8) is 0 Å². The molecule has 3 N–H and O–H groups in total. The van der Waals surface area contributed by atoms with E-state index in [-0.39, 0.29) is 5.41 Å². The Morgan fingerprint density at radius 3 is 2.19 bits per heavy atom. The van der Waals surface area contributed by atoms with Crippen LogP contribution in [0, 0.1) is 0 Å². The number of unbranched alkanes of at least 4 members (excludes halogenated alkanes) is 1. The average molecular weight is 373 g/mol. The van der Waals surface area contributed by atoms with Gasteiger partial charge in [0.1, 0.15) is 12.0 Å². The number of rotatable bonds is 9. The highest BCUT2D eigenvalue weighted by Crippen LogP contribution is 2.28. The minimum Gasteiger partial charge on any atom is -0.494 e. The van der Waals surface area contributed by atoms with E-state index in [2.05, 4.69) is 43.3 Å². The number of aldehydes is 1. The van der Waals surface area contributed by atoms with Crippen molar-refractivity contribution in [3.05, 3.63) is 47.7 Å². The number of nitrogens with one attached hydrogen (secondary N) is 1. The lowest BCUT2D eigenvalue weighted by molar-refractivity contribution is 0.112. The van der Waals surface area contributed by atoms with Gasteiger partial charge in [0.25, 0.3) is 0 Å². The molecule has 2 rings (SSSR count). The van der Waals surface area contributed by atoms with Gasteiger partial charge in [0.2, 0.25) is 0 Å². The van der Waals surface area contributed by atoms with E-state index in [1.165, 1.54) is 0 Å². The summed E-state index contributed by atoms with van der Waals surface area (Å²) in [6.45, 7) is 9.41. The number of carbonyl (C=O) groups is 1. The highest BCUT2D eigenvalue weighted by atomic mass is 16.5. The van der Waals surface area contributed by atoms with Crippen molar-refractivity contribution < 1.29 is 9.53 Å². The van der Waals surface area contributed by atoms with Gasteiger partial charge in [-0.2, -0.15) is 5.10 Å². The van der Waals surface area contributed by atoms with E-state index < -0.39 is 0 Å². The van der Waals surface area contributed by atoms with Crippen LogP contribution in [0.25, 0.3) is 0 Å². The third-order valence-corrected chi connectivity index (χ3v) is 4.77. The fraction of sp³-hybridized carbons (Fsp3) is 0.476. The number of hydrogen-bond acceptors (Lipinski definition) is 6. The van der Waals surface area contributed by atoms with Crippen LogP contribution in [-0.2, 0) is 5.41 Å². The number of ether oxygens (including phenoxy) is 1. The topological polar surface area (TPSA) is 90.1 Å². The summed E-state index contributed by atoms with van der Waals surface area (Å²) in [4.78, 5) is 10.3. The predicted octanol–water partition coefficient (Wildman–Crippen LogP) is 4.52. The Labute approximate surface area is 162 Å². The number of hydrazine groups is 1. The maximum Gasteiger partial charge on any atom is 0.162 e. The zero-order valence-corrected chi connectivity index (χ0v) is 16.9. The molecule has 1 heterocycles. The molecule has 0 aliphatic carbocycles. The zero-order chi connectivity index (χ0) is 20.1. The van der Waals surface area contributed by atoms with Gasteiger partial charge in [0, 0.05) is 11.0 Å². The summed E-state index contributed by atoms with van der Waals surface area (Å²) in [6.07, 6.45) is 5.15. The Morgan fingerprint density at radius 1 is 1.07 bits per heavy atom. The quantitative estimate of drug-likeness (QED) is 0.291. The van der Waals surface area contributed by atoms with Crippen LogP contribution < -0.4 is 16.0 Å². The van der Waals surface area contributed by atoms with Crippen molar-refractivity contribution in [3.8, 4) is 5.75 Å². The van der Waals surface area contributed by atoms with Crippen LogP contribution >= 0.6 is 0 Å². The van der Waals surface area contributed by atoms with Gasteiger partial charge in [-0.3, -0.25) is 4.79 Å². The first kappa shape index (κ1) is 22.6. The summed E-state index contributed by atoms with van der Waals surface area (Å²) in [5.41, 5.74) is 4.31. The molecule has 0 spiro atoms. The molecule has 0 atom stereocenters. The molecule has 0 fully saturated rings. The molecule has 0 amide bonds. The first-order valence-electron chi connectivity index (χ1n) is 9.51. The van der Waals surface area contributed by atoms with E-state index in [1.54, 1.807) is 12.1 Å². The number of hydrogen-bond donors (Lipinski definition) is 2. The molecule has 2 aromatic rings. The minimum atomic E-state index is 0.125. The van der Waals surface area contributed by atoms with Crippen molar-refractivity contribution in [1.29, 1.82) is 0 Å². The van der Waals surface area contributed by atoms with Crippen LogP contribution in [0.1, 0.15) is 69.4 Å². The Balaban J connectivity index is 0.000000271. The second-order valence-corrected chi connectivity index (χ2v) is 6.60. The lowest BCUT2D eigenvalue weighted by atomic mass is 9.81. The largest absolute Gasteiger partial charge is 0.494 e. The highest BCUT2D eigenvalue weighted by Gasteiger charge is 2.24. The van der Waals surface area contributed by atoms with Gasteiger partial charge in [-0.1, -0.05) is 34.1 Å². The molecule has 1 aromatic heterocycles. The summed E-state index contributed by atoms with van der Waals surface area (Å²) in [6, 6.07) is 11.0. The monoisotopic (exact) mass is 372 g/mol. The first-order valence-corrected chi connectivity index (χ1v) is 9.51. The van der Waals surface area contributed by atoms with Gasteiger partial charge < -0.3 is 10.2 Å². The molecule has 6 nitrogen and oxygen atoms in total. The zero-order valence-electron chi connectivity index (χ0n) is 16.9. The van der Waals surface area contributed by atoms with Crippen molar-refractivity contribution in [2.24, 2.45) is 5.84 Å². The smallest absolute Gasteiger partial charge is 0.162 e. The van der Waals surface area contributed by atoms with Crippen LogP contribution in [0.15, 0.2) is 36.4 Å². The summed E-state index contributed by atoms with van der Waals surface area (Å²) in [5, 5.41) is 8.14. The Bertz CT molecular complexity index is 653. The summed E-state index contributed by atoms with van der Waals surface area (Å²) in [7, 11) is 0. The molecule has 0 saturated heterocycles. The van der Waals surface area contributed by atoms with Gasteiger partial charge in [-0.15, -0.1) is 5.10 Å². The maximum atomic E-state index is 10.3. The van der Waals surface area contributed by atoms with Gasteiger partial charge in [0.15, 0.2) is 5.82 Å². The lowest BCUT2D eigenvalue weighted by Gasteiger charge is -2.25. The molecule has 0 aliphatic rings. The fourth-order valence-corrected chi connectivity index (χ4v) is 2.32. The number of benzene rings is 1. The Kier molecular flexibility index (Phi) is 10.0. The van der Waals surface area contributed by atoms with Crippen LogP contribution in [0.4, 0.5) is 5.82 Å². The van der Waals surface area contributed by atoms with E-state index in [0.717, 1.165) is 50.0 Å². The van der Waals surface area contributed by atoms with Crippen molar-refractivity contribution >= 4 is 12.1 Å². The SMILES string of the molecule is CCC(C)(CC)c1ccc(NN)nn1.CCCCOc1ccc(C=O)cc1. The van der Waals surface area contributed by atoms with E-state index in [4.69, 9.17) is 10.6 Å². The molecule has 0 radical (unpaired) electrons. The fourth-order valence-electron chi connectivity index (χ4n) is 2.32. The number of carbonyl (C=O) groups excluding carboxylic acids is 1. The molecule has 148 valence electrons. The third-order valence-electron chi connectivity index (χ3n) is 4.77. The summed E-state index contributed by atoms with van der Waals surface area (Å²) < 4.78 is 5.43. The number of aromatic nitrogens is 2. The molecule has 0 bridgehead atoms. The van der Waals surface area contributed by atoms with Crippen molar-refractivity contribution in [2.45, 2.75) is 58.8 Å². The Morgan fingerprint density at radius 2 is 1.74 bits per heavy atom. The van der Waals surface area contributed by atoms with Gasteiger partial charge >= 0.3 is 0 Å². The second-order valence-electron chi connectivity index (χ2n) is 6.60. The molecule has 6 heteroatoms. The van der Waals surface area contributed by atoms with Crippen molar-refractivity contribution in [2.75, 3.05) is 12.0 Å². The molecule has 27 heavy (non-hydrogen) atoms. The van der Waals surface area contributed by atoms with Crippen LogP contribution in [0.5, 0.6) is 5.75 Å². The molecule has 0 saturated carbocycles. The van der Waals surface area contributed by atoms with Crippen LogP contribution in [-0.4, -0.2) is 23.1 Å². The van der Waals surface area contributed by atoms with Gasteiger partial charge in [0.05, 0.1) is 12.3 Å². The second kappa shape index (κ2) is 12.0. The standard InChI is InChI=1S/C11H14O2.C10H18N4/c1-2-3-8-13-11-6-4-10(9-12)5-7-11;1-4-10(3,5-2)8-6-7-9(12-11)14-13-8/h4-7,9H,2-3,8H2,1H3;6-7H,4-5,11H2,1-3H3,(H,12,14). The number of nitrogens with two attached hydrogens (primary N) is 1. The molecule has 0 unspecified atom stereocenters. The maximum absolute atomic E-state index is 10.3. The van der Waals surface area contributed by atoms with E-state index >= 15 is 0 Å². The summed E-state index contributed by atoms with van der Waals surface area (Å²) >= 11 is 0. The van der Waals surface area contributed by atoms with Crippen LogP contribution in [0.2, 0.25) is 0 Å².